The molecule has 0 aliphatic rings. The van der Waals surface area contributed by atoms with E-state index in [-0.39, 0.29) is 0 Å². The minimum Gasteiger partial charge on any atom is -0.481 e. The zero-order valence-corrected chi connectivity index (χ0v) is 4.79. The third-order valence-electron chi connectivity index (χ3n) is 0.535. The Balaban J connectivity index is 5.50. The van der Waals surface area contributed by atoms with Gasteiger partial charge in [0.05, 0.1) is 1.37 Å². The molecule has 58 valence electrons. The fraction of sp³-hybridized carbons (Fsp3) is 0.600. The van der Waals surface area contributed by atoms with Crippen LogP contribution in [0.15, 0.2) is 0 Å². The SMILES string of the molecule is [2H]C(N)(C(=O)O)C([2H])([2H])C([2H])([2H])[13C](=O)O. The number of rotatable bonds is 4. The van der Waals surface area contributed by atoms with Crippen molar-refractivity contribution in [1.29, 1.82) is 0 Å². The molecule has 0 heterocycles. The van der Waals surface area contributed by atoms with Crippen molar-refractivity contribution in [3.8, 4) is 0 Å². The zero-order valence-electron chi connectivity index (χ0n) is 9.79. The first-order valence-corrected chi connectivity index (χ1v) is 2.14. The van der Waals surface area contributed by atoms with Gasteiger partial charge < -0.3 is 15.9 Å². The van der Waals surface area contributed by atoms with E-state index in [1.165, 1.54) is 0 Å². The first-order chi connectivity index (χ1) is 6.39. The van der Waals surface area contributed by atoms with Crippen LogP contribution in [0, 0.1) is 0 Å². The third kappa shape index (κ3) is 3.85. The topological polar surface area (TPSA) is 101 Å². The molecular weight excluding hydrogens is 139 g/mol. The summed E-state index contributed by atoms with van der Waals surface area (Å²) in [6, 6.07) is -3.39. The van der Waals surface area contributed by atoms with E-state index in [9.17, 15) is 9.59 Å². The summed E-state index contributed by atoms with van der Waals surface area (Å²) >= 11 is 0. The van der Waals surface area contributed by atoms with Crippen LogP contribution in [0.25, 0.3) is 0 Å². The quantitative estimate of drug-likeness (QED) is 0.462. The Morgan fingerprint density at radius 3 is 2.50 bits per heavy atom. The van der Waals surface area contributed by atoms with Crippen molar-refractivity contribution in [1.82, 2.24) is 0 Å². The normalized spacial score (nSPS) is 25.9. The van der Waals surface area contributed by atoms with Gasteiger partial charge in [-0.05, 0) is 6.37 Å². The van der Waals surface area contributed by atoms with Gasteiger partial charge in [0.25, 0.3) is 0 Å². The molecule has 0 radical (unpaired) electrons. The largest absolute Gasteiger partial charge is 0.481 e. The molecule has 4 N–H and O–H groups in total. The van der Waals surface area contributed by atoms with Crippen molar-refractivity contribution >= 4 is 11.9 Å². The summed E-state index contributed by atoms with van der Waals surface area (Å²) in [6.45, 7) is 0. The maximum atomic E-state index is 10.4. The highest BCUT2D eigenvalue weighted by Gasteiger charge is 2.12. The molecule has 0 aromatic heterocycles. The first-order valence-electron chi connectivity index (χ1n) is 4.64. The summed E-state index contributed by atoms with van der Waals surface area (Å²) in [5.41, 5.74) is 4.75. The van der Waals surface area contributed by atoms with Crippen LogP contribution >= 0.6 is 0 Å². The van der Waals surface area contributed by atoms with Crippen molar-refractivity contribution in [3.05, 3.63) is 0 Å². The number of carboxylic acids is 2. The number of carboxylic acid groups (broad SMARTS) is 2. The Morgan fingerprint density at radius 2 is 2.20 bits per heavy atom. The second-order valence-electron chi connectivity index (χ2n) is 1.27. The van der Waals surface area contributed by atoms with E-state index in [1.54, 1.807) is 0 Å². The summed E-state index contributed by atoms with van der Waals surface area (Å²) < 4.78 is 34.7. The van der Waals surface area contributed by atoms with Crippen molar-refractivity contribution in [2.45, 2.75) is 18.8 Å². The molecule has 0 aliphatic carbocycles. The Kier molecular flexibility index (Phi) is 1.28. The van der Waals surface area contributed by atoms with Crippen LogP contribution in [0.1, 0.15) is 19.6 Å². The van der Waals surface area contributed by atoms with Gasteiger partial charge in [0.15, 0.2) is 0 Å². The van der Waals surface area contributed by atoms with E-state index in [1.807, 2.05) is 0 Å². The minimum absolute atomic E-state index is 2.15. The fourth-order valence-electron chi connectivity index (χ4n) is 0.174. The Hall–Kier alpha value is -1.10. The number of hydrogen-bond donors (Lipinski definition) is 3. The van der Waals surface area contributed by atoms with Crippen LogP contribution < -0.4 is 5.73 Å². The molecule has 0 fully saturated rings. The van der Waals surface area contributed by atoms with Crippen LogP contribution in [-0.4, -0.2) is 28.2 Å². The Bertz CT molecular complexity index is 274. The molecule has 0 aliphatic heterocycles. The zero-order chi connectivity index (χ0) is 12.7. The molecule has 0 saturated carbocycles. The predicted molar refractivity (Wildman–Crippen MR) is 32.5 cm³/mol. The number of aliphatic carboxylic acids is 2. The fourth-order valence-corrected chi connectivity index (χ4v) is 0.174. The highest BCUT2D eigenvalue weighted by Crippen LogP contribution is 1.93. The summed E-state index contributed by atoms with van der Waals surface area (Å²) in [5, 5.41) is 16.8. The number of carbonyl (C=O) groups is 2. The molecule has 0 amide bonds. The van der Waals surface area contributed by atoms with E-state index in [2.05, 4.69) is 0 Å². The molecular formula is C5H9NO4. The number of nitrogens with two attached hydrogens (primary N) is 1. The van der Waals surface area contributed by atoms with Gasteiger partial charge in [-0.15, -0.1) is 0 Å². The van der Waals surface area contributed by atoms with E-state index in [0.29, 0.717) is 0 Å². The highest BCUT2D eigenvalue weighted by atomic mass is 16.5. The average molecular weight is 153 g/mol. The molecule has 5 nitrogen and oxygen atoms in total. The van der Waals surface area contributed by atoms with Crippen molar-refractivity contribution in [2.75, 3.05) is 0 Å². The first kappa shape index (κ1) is 3.34. The minimum atomic E-state index is -3.59. The molecule has 1 unspecified atom stereocenters. The lowest BCUT2D eigenvalue weighted by atomic mass is 10.2. The van der Waals surface area contributed by atoms with Crippen molar-refractivity contribution in [3.63, 3.8) is 0 Å². The molecule has 0 aromatic carbocycles. The van der Waals surface area contributed by atoms with Gasteiger partial charge in [-0.1, -0.05) is 0 Å². The Morgan fingerprint density at radius 1 is 1.70 bits per heavy atom. The second kappa shape index (κ2) is 3.84. The van der Waals surface area contributed by atoms with Gasteiger partial charge in [0.2, 0.25) is 0 Å². The third-order valence-corrected chi connectivity index (χ3v) is 0.535. The molecule has 0 rings (SSSR count). The molecule has 0 spiro atoms. The van der Waals surface area contributed by atoms with Gasteiger partial charge in [0.1, 0.15) is 6.02 Å². The summed E-state index contributed by atoms with van der Waals surface area (Å²) in [6.07, 6.45) is -7.17. The summed E-state index contributed by atoms with van der Waals surface area (Å²) in [5.74, 6) is -4.38. The van der Waals surface area contributed by atoms with Gasteiger partial charge in [-0.3, -0.25) is 9.59 Å². The number of hydrogen-bond acceptors (Lipinski definition) is 3. The molecule has 0 bridgehead atoms. The lowest BCUT2D eigenvalue weighted by Gasteiger charge is -2.01. The molecule has 0 saturated heterocycles. The lowest BCUT2D eigenvalue weighted by Crippen LogP contribution is -2.30. The monoisotopic (exact) mass is 153 g/mol. The smallest absolute Gasteiger partial charge is 0.320 e. The van der Waals surface area contributed by atoms with Crippen molar-refractivity contribution in [2.24, 2.45) is 5.73 Å². The van der Waals surface area contributed by atoms with Crippen LogP contribution in [0.2, 0.25) is 0 Å². The van der Waals surface area contributed by atoms with E-state index >= 15 is 0 Å². The van der Waals surface area contributed by atoms with Gasteiger partial charge in [-0.25, -0.2) is 0 Å². The van der Waals surface area contributed by atoms with Crippen LogP contribution in [0.4, 0.5) is 0 Å². The predicted octanol–water partition coefficient (Wildman–Crippen LogP) is -0.737. The summed E-state index contributed by atoms with van der Waals surface area (Å²) in [4.78, 5) is 20.8. The van der Waals surface area contributed by atoms with E-state index in [0.717, 1.165) is 0 Å². The summed E-state index contributed by atoms with van der Waals surface area (Å²) in [7, 11) is 0. The standard InChI is InChI=1S/C5H9NO4/c6-3(5(9)10)1-2-4(7)8/h3H,1-2,6H2,(H,7,8)(H,9,10)/i1D2,2D2,3D,4+1. The van der Waals surface area contributed by atoms with E-state index < -0.39 is 30.7 Å². The lowest BCUT2D eigenvalue weighted by molar-refractivity contribution is -0.139. The molecule has 1 atom stereocenters. The highest BCUT2D eigenvalue weighted by molar-refractivity contribution is 5.74. The van der Waals surface area contributed by atoms with Gasteiger partial charge in [-0.2, -0.15) is 0 Å². The maximum Gasteiger partial charge on any atom is 0.320 e. The maximum absolute atomic E-state index is 10.4. The van der Waals surface area contributed by atoms with Crippen LogP contribution in [-0.2, 0) is 9.59 Å². The molecule has 10 heavy (non-hydrogen) atoms. The van der Waals surface area contributed by atoms with Crippen LogP contribution in [0.3, 0.4) is 0 Å². The van der Waals surface area contributed by atoms with Gasteiger partial charge >= 0.3 is 11.9 Å². The second-order valence-corrected chi connectivity index (χ2v) is 1.27. The molecule has 5 heteroatoms. The van der Waals surface area contributed by atoms with Gasteiger partial charge in [0, 0.05) is 11.9 Å². The van der Waals surface area contributed by atoms with Crippen molar-refractivity contribution < 1.29 is 26.7 Å². The van der Waals surface area contributed by atoms with Crippen LogP contribution in [0.5, 0.6) is 0 Å². The van der Waals surface area contributed by atoms with E-state index in [4.69, 9.17) is 22.8 Å². The molecule has 0 aromatic rings. The Labute approximate surface area is 64.5 Å². The average Bonchev–Trinajstić information content (AvgIpc) is 2.02.